The zero-order valence-electron chi connectivity index (χ0n) is 4.20. The van der Waals surface area contributed by atoms with Crippen molar-refractivity contribution in [2.75, 3.05) is 6.61 Å². The average molecular weight is 210 g/mol. The van der Waals surface area contributed by atoms with Gasteiger partial charge in [0.1, 0.15) is 5.76 Å². The van der Waals surface area contributed by atoms with Crippen molar-refractivity contribution in [1.82, 2.24) is 0 Å². The summed E-state index contributed by atoms with van der Waals surface area (Å²) < 4.78 is 6.51. The van der Waals surface area contributed by atoms with Crippen molar-refractivity contribution < 1.29 is 4.74 Å². The van der Waals surface area contributed by atoms with Crippen LogP contribution >= 0.6 is 22.6 Å². The van der Waals surface area contributed by atoms with Gasteiger partial charge in [-0.15, -0.1) is 0 Å². The molecule has 0 amide bonds. The summed E-state index contributed by atoms with van der Waals surface area (Å²) in [6, 6.07) is 0. The van der Waals surface area contributed by atoms with Crippen LogP contribution in [0.25, 0.3) is 0 Å². The fourth-order valence-electron chi connectivity index (χ4n) is 0.548. The van der Waals surface area contributed by atoms with Gasteiger partial charge >= 0.3 is 0 Å². The molecular formula is C5H7IO. The second-order valence-corrected chi connectivity index (χ2v) is 2.86. The predicted molar refractivity (Wildman–Crippen MR) is 37.3 cm³/mol. The van der Waals surface area contributed by atoms with E-state index in [2.05, 4.69) is 22.6 Å². The first-order valence-electron chi connectivity index (χ1n) is 2.29. The topological polar surface area (TPSA) is 9.23 Å². The van der Waals surface area contributed by atoms with Gasteiger partial charge in [-0.05, 0) is 29.5 Å². The standard InChI is InChI=1S/C5H7IO/c1-4-5(6)2-3-7-4/h2-3H2,1H3. The maximum atomic E-state index is 5.14. The third-order valence-electron chi connectivity index (χ3n) is 1.02. The van der Waals surface area contributed by atoms with Gasteiger partial charge in [0.05, 0.1) is 6.61 Å². The highest BCUT2D eigenvalue weighted by Gasteiger charge is 2.06. The van der Waals surface area contributed by atoms with E-state index >= 15 is 0 Å². The van der Waals surface area contributed by atoms with Crippen LogP contribution in [0.4, 0.5) is 0 Å². The number of halogens is 1. The Kier molecular flexibility index (Phi) is 1.57. The van der Waals surface area contributed by atoms with E-state index in [9.17, 15) is 0 Å². The summed E-state index contributed by atoms with van der Waals surface area (Å²) in [6.45, 7) is 2.90. The van der Waals surface area contributed by atoms with Crippen LogP contribution in [0.3, 0.4) is 0 Å². The van der Waals surface area contributed by atoms with E-state index in [1.54, 1.807) is 0 Å². The molecule has 0 aromatic rings. The van der Waals surface area contributed by atoms with Crippen molar-refractivity contribution in [1.29, 1.82) is 0 Å². The molecule has 0 unspecified atom stereocenters. The maximum absolute atomic E-state index is 5.14. The van der Waals surface area contributed by atoms with E-state index in [-0.39, 0.29) is 0 Å². The van der Waals surface area contributed by atoms with Crippen LogP contribution in [-0.4, -0.2) is 6.61 Å². The molecule has 0 saturated heterocycles. The SMILES string of the molecule is CC1=C(I)CCO1. The van der Waals surface area contributed by atoms with Gasteiger partial charge in [-0.2, -0.15) is 0 Å². The molecule has 2 heteroatoms. The zero-order valence-corrected chi connectivity index (χ0v) is 6.36. The van der Waals surface area contributed by atoms with Gasteiger partial charge in [-0.25, -0.2) is 0 Å². The van der Waals surface area contributed by atoms with Crippen molar-refractivity contribution >= 4 is 22.6 Å². The molecule has 7 heavy (non-hydrogen) atoms. The fourth-order valence-corrected chi connectivity index (χ4v) is 0.924. The van der Waals surface area contributed by atoms with Crippen LogP contribution in [0, 0.1) is 0 Å². The van der Waals surface area contributed by atoms with Crippen LogP contribution in [-0.2, 0) is 4.74 Å². The third-order valence-corrected chi connectivity index (χ3v) is 2.32. The smallest absolute Gasteiger partial charge is 0.102 e. The first kappa shape index (κ1) is 5.41. The Morgan fingerprint density at radius 2 is 2.43 bits per heavy atom. The van der Waals surface area contributed by atoms with E-state index in [0.29, 0.717) is 0 Å². The Labute approximate surface area is 56.9 Å². The van der Waals surface area contributed by atoms with Crippen LogP contribution < -0.4 is 0 Å². The molecule has 0 radical (unpaired) electrons. The average Bonchev–Trinajstić information content (AvgIpc) is 1.91. The second-order valence-electron chi connectivity index (χ2n) is 1.56. The van der Waals surface area contributed by atoms with Gasteiger partial charge in [0, 0.05) is 10.0 Å². The molecule has 40 valence electrons. The van der Waals surface area contributed by atoms with Gasteiger partial charge in [0.2, 0.25) is 0 Å². The van der Waals surface area contributed by atoms with Crippen LogP contribution in [0.15, 0.2) is 9.34 Å². The molecule has 1 aliphatic rings. The van der Waals surface area contributed by atoms with Crippen molar-refractivity contribution in [3.63, 3.8) is 0 Å². The highest BCUT2D eigenvalue weighted by atomic mass is 127. The number of hydrogen-bond acceptors (Lipinski definition) is 1. The summed E-state index contributed by atoms with van der Waals surface area (Å²) in [7, 11) is 0. The van der Waals surface area contributed by atoms with Crippen LogP contribution in [0.2, 0.25) is 0 Å². The van der Waals surface area contributed by atoms with Gasteiger partial charge in [-0.3, -0.25) is 0 Å². The zero-order chi connectivity index (χ0) is 5.28. The fraction of sp³-hybridized carbons (Fsp3) is 0.600. The second kappa shape index (κ2) is 2.03. The van der Waals surface area contributed by atoms with Gasteiger partial charge < -0.3 is 4.74 Å². The lowest BCUT2D eigenvalue weighted by atomic mass is 10.4. The molecule has 1 nitrogen and oxygen atoms in total. The molecule has 0 fully saturated rings. The summed E-state index contributed by atoms with van der Waals surface area (Å²) in [5.41, 5.74) is 0. The highest BCUT2D eigenvalue weighted by molar-refractivity contribution is 14.1. The minimum absolute atomic E-state index is 0.893. The Balaban J connectivity index is 2.64. The normalized spacial score (nSPS) is 20.3. The maximum Gasteiger partial charge on any atom is 0.102 e. The Hall–Kier alpha value is 0.270. The molecule has 0 aliphatic carbocycles. The van der Waals surface area contributed by atoms with Crippen molar-refractivity contribution in [3.05, 3.63) is 9.34 Å². The van der Waals surface area contributed by atoms with Gasteiger partial charge in [0.25, 0.3) is 0 Å². The number of allylic oxidation sites excluding steroid dienone is 1. The molecule has 0 spiro atoms. The molecule has 0 bridgehead atoms. The predicted octanol–water partition coefficient (Wildman–Crippen LogP) is 2.07. The summed E-state index contributed by atoms with van der Waals surface area (Å²) in [5, 5.41) is 0. The molecule has 0 N–H and O–H groups in total. The molecule has 1 aliphatic heterocycles. The number of ether oxygens (including phenoxy) is 1. The summed E-state index contributed by atoms with van der Waals surface area (Å²) in [5.74, 6) is 1.11. The van der Waals surface area contributed by atoms with E-state index in [4.69, 9.17) is 4.74 Å². The Morgan fingerprint density at radius 3 is 2.57 bits per heavy atom. The summed E-state index contributed by atoms with van der Waals surface area (Å²) in [6.07, 6.45) is 1.12. The quantitative estimate of drug-likeness (QED) is 0.556. The molecule has 0 saturated carbocycles. The van der Waals surface area contributed by atoms with Gasteiger partial charge in [-0.1, -0.05) is 0 Å². The molecule has 1 heterocycles. The largest absolute Gasteiger partial charge is 0.497 e. The van der Waals surface area contributed by atoms with Crippen LogP contribution in [0.1, 0.15) is 13.3 Å². The molecule has 0 aromatic heterocycles. The molecule has 0 aromatic carbocycles. The lowest BCUT2D eigenvalue weighted by Gasteiger charge is -1.90. The van der Waals surface area contributed by atoms with Crippen molar-refractivity contribution in [2.45, 2.75) is 13.3 Å². The molecule has 0 atom stereocenters. The first-order valence-corrected chi connectivity index (χ1v) is 3.36. The van der Waals surface area contributed by atoms with Gasteiger partial charge in [0.15, 0.2) is 0 Å². The summed E-state index contributed by atoms with van der Waals surface area (Å²) >= 11 is 2.31. The monoisotopic (exact) mass is 210 g/mol. The lowest BCUT2D eigenvalue weighted by molar-refractivity contribution is 0.247. The molecular weight excluding hydrogens is 203 g/mol. The van der Waals surface area contributed by atoms with Crippen molar-refractivity contribution in [2.24, 2.45) is 0 Å². The Bertz CT molecular complexity index is 94.6. The Morgan fingerprint density at radius 1 is 1.71 bits per heavy atom. The van der Waals surface area contributed by atoms with E-state index in [1.165, 1.54) is 3.58 Å². The molecule has 1 rings (SSSR count). The van der Waals surface area contributed by atoms with E-state index in [0.717, 1.165) is 18.8 Å². The van der Waals surface area contributed by atoms with E-state index < -0.39 is 0 Å². The van der Waals surface area contributed by atoms with Crippen LogP contribution in [0.5, 0.6) is 0 Å². The lowest BCUT2D eigenvalue weighted by Crippen LogP contribution is -1.76. The minimum Gasteiger partial charge on any atom is -0.497 e. The highest BCUT2D eigenvalue weighted by Crippen LogP contribution is 2.23. The number of hydrogen-bond donors (Lipinski definition) is 0. The number of rotatable bonds is 0. The minimum atomic E-state index is 0.893. The first-order chi connectivity index (χ1) is 3.30. The third kappa shape index (κ3) is 1.08. The van der Waals surface area contributed by atoms with Crippen molar-refractivity contribution in [3.8, 4) is 0 Å². The van der Waals surface area contributed by atoms with E-state index in [1.807, 2.05) is 6.92 Å². The summed E-state index contributed by atoms with van der Waals surface area (Å²) in [4.78, 5) is 0.